The molecule has 11 aromatic rings. The molecule has 7 aromatic carbocycles. The van der Waals surface area contributed by atoms with E-state index in [2.05, 4.69) is 158 Å². The van der Waals surface area contributed by atoms with E-state index >= 15 is 0 Å². The van der Waals surface area contributed by atoms with Gasteiger partial charge < -0.3 is 18.0 Å². The maximum atomic E-state index is 6.80. The van der Waals surface area contributed by atoms with Gasteiger partial charge in [0.1, 0.15) is 11.2 Å². The minimum atomic E-state index is 0.809. The lowest BCUT2D eigenvalue weighted by molar-refractivity contribution is 0.632. The first-order chi connectivity index (χ1) is 24.5. The third kappa shape index (κ3) is 3.45. The van der Waals surface area contributed by atoms with Crippen molar-refractivity contribution in [2.45, 2.75) is 27.7 Å². The lowest BCUT2D eigenvalue weighted by atomic mass is 9.96. The lowest BCUT2D eigenvalue weighted by Crippen LogP contribution is -1.97. The quantitative estimate of drug-likeness (QED) is 0.188. The smallest absolute Gasteiger partial charge is 0.178 e. The molecule has 0 saturated carbocycles. The maximum absolute atomic E-state index is 6.80. The van der Waals surface area contributed by atoms with Gasteiger partial charge in [-0.25, -0.2) is 0 Å². The van der Waals surface area contributed by atoms with E-state index < -0.39 is 0 Å². The largest absolute Gasteiger partial charge is 0.452 e. The number of hydrogen-bond donors (Lipinski definition) is 0. The molecule has 11 rings (SSSR count). The summed E-state index contributed by atoms with van der Waals surface area (Å²) < 4.78 is 18.4. The zero-order chi connectivity index (χ0) is 33.4. The monoisotopic (exact) mass is 644 g/mol. The van der Waals surface area contributed by atoms with Crippen molar-refractivity contribution in [2.24, 2.45) is 0 Å². The number of nitrogens with zero attached hydrogens (tertiary/aromatic N) is 2. The van der Waals surface area contributed by atoms with Crippen LogP contribution < -0.4 is 0 Å². The number of aryl methyl sites for hydroxylation is 4. The fraction of sp³-hybridized carbons (Fsp3) is 0.0870. The van der Waals surface area contributed by atoms with E-state index in [0.29, 0.717) is 0 Å². The molecule has 0 aliphatic heterocycles. The third-order valence-corrected chi connectivity index (χ3v) is 11.2. The van der Waals surface area contributed by atoms with Gasteiger partial charge in [-0.3, -0.25) is 0 Å². The summed E-state index contributed by atoms with van der Waals surface area (Å²) in [5.74, 6) is 0. The Labute approximate surface area is 287 Å². The van der Waals surface area contributed by atoms with Crippen molar-refractivity contribution in [3.63, 3.8) is 0 Å². The molecule has 0 N–H and O–H groups in total. The van der Waals surface area contributed by atoms with Crippen molar-refractivity contribution in [1.29, 1.82) is 0 Å². The first-order valence-electron chi connectivity index (χ1n) is 17.3. The molecule has 0 radical (unpaired) electrons. The van der Waals surface area contributed by atoms with Gasteiger partial charge in [0.15, 0.2) is 11.2 Å². The molecule has 0 bridgehead atoms. The second-order valence-electron chi connectivity index (χ2n) is 13.9. The van der Waals surface area contributed by atoms with E-state index in [0.717, 1.165) is 66.4 Å². The normalized spacial score (nSPS) is 12.4. The number of benzene rings is 7. The Hall–Kier alpha value is -6.26. The van der Waals surface area contributed by atoms with Crippen LogP contribution in [-0.4, -0.2) is 9.13 Å². The fourth-order valence-corrected chi connectivity index (χ4v) is 8.75. The molecule has 0 aliphatic rings. The van der Waals surface area contributed by atoms with E-state index in [1.54, 1.807) is 0 Å². The first kappa shape index (κ1) is 27.7. The first-order valence-corrected chi connectivity index (χ1v) is 17.3. The molecule has 0 unspecified atom stereocenters. The van der Waals surface area contributed by atoms with Gasteiger partial charge in [0.2, 0.25) is 0 Å². The Bertz CT molecular complexity index is 2930. The van der Waals surface area contributed by atoms with Crippen LogP contribution in [-0.2, 0) is 0 Å². The van der Waals surface area contributed by atoms with Crippen molar-refractivity contribution in [3.8, 4) is 11.4 Å². The molecule has 4 aromatic heterocycles. The average Bonchev–Trinajstić information content (AvgIpc) is 3.88. The summed E-state index contributed by atoms with van der Waals surface area (Å²) in [6.45, 7) is 8.82. The van der Waals surface area contributed by atoms with E-state index in [9.17, 15) is 0 Å². The van der Waals surface area contributed by atoms with Crippen LogP contribution in [0.4, 0.5) is 0 Å². The van der Waals surface area contributed by atoms with Gasteiger partial charge >= 0.3 is 0 Å². The van der Waals surface area contributed by atoms with Gasteiger partial charge in [-0.2, -0.15) is 0 Å². The Balaban J connectivity index is 1.20. The molecule has 4 heteroatoms. The topological polar surface area (TPSA) is 36.1 Å². The Morgan fingerprint density at radius 3 is 1.04 bits per heavy atom. The van der Waals surface area contributed by atoms with Gasteiger partial charge in [-0.1, -0.05) is 72.8 Å². The lowest BCUT2D eigenvalue weighted by Gasteiger charge is -2.12. The predicted octanol–water partition coefficient (Wildman–Crippen LogP) is 12.9. The summed E-state index contributed by atoms with van der Waals surface area (Å²) in [5.41, 5.74) is 15.2. The van der Waals surface area contributed by atoms with Crippen LogP contribution in [0.3, 0.4) is 0 Å². The van der Waals surface area contributed by atoms with Crippen LogP contribution in [0.2, 0.25) is 0 Å². The second kappa shape index (κ2) is 9.67. The zero-order valence-corrected chi connectivity index (χ0v) is 28.3. The summed E-state index contributed by atoms with van der Waals surface area (Å²) >= 11 is 0. The Morgan fingerprint density at radius 1 is 0.380 bits per heavy atom. The number of rotatable bonds is 2. The zero-order valence-electron chi connectivity index (χ0n) is 28.3. The summed E-state index contributed by atoms with van der Waals surface area (Å²) in [6, 6.07) is 43.8. The minimum absolute atomic E-state index is 0.809. The summed E-state index contributed by atoms with van der Waals surface area (Å²) in [6.07, 6.45) is 0. The van der Waals surface area contributed by atoms with Crippen molar-refractivity contribution in [2.75, 3.05) is 0 Å². The van der Waals surface area contributed by atoms with E-state index in [1.807, 2.05) is 0 Å². The van der Waals surface area contributed by atoms with Gasteiger partial charge in [0.25, 0.3) is 0 Å². The molecule has 0 amide bonds. The number of furan rings is 2. The molecule has 0 atom stereocenters. The van der Waals surface area contributed by atoms with Crippen molar-refractivity contribution < 1.29 is 8.83 Å². The standard InChI is InChI=1S/C46H32N2O2/c1-25-21-41-33(23-39(25)47-35-17-9-5-13-29(35)30-14-6-10-18-36(30)47)43-27(3)28(4)44-34-24-40(26(2)22-42(34)50-46(44)45(43)49-41)48-37-19-11-7-15-31(37)32-16-8-12-20-38(32)48/h5-24H,1-4H3. The summed E-state index contributed by atoms with van der Waals surface area (Å²) in [7, 11) is 0. The number of aromatic nitrogens is 2. The molecule has 0 fully saturated rings. The van der Waals surface area contributed by atoms with Crippen LogP contribution in [0.15, 0.2) is 130 Å². The van der Waals surface area contributed by atoms with Gasteiger partial charge in [0.05, 0.1) is 22.1 Å². The molecular formula is C46H32N2O2. The van der Waals surface area contributed by atoms with Crippen LogP contribution >= 0.6 is 0 Å². The number of hydrogen-bond acceptors (Lipinski definition) is 2. The fourth-order valence-electron chi connectivity index (χ4n) is 8.75. The average molecular weight is 645 g/mol. The molecule has 0 saturated heterocycles. The van der Waals surface area contributed by atoms with E-state index in [-0.39, 0.29) is 0 Å². The molecule has 0 spiro atoms. The second-order valence-corrected chi connectivity index (χ2v) is 13.9. The number of para-hydroxylation sites is 4. The van der Waals surface area contributed by atoms with Crippen LogP contribution in [0.25, 0.3) is 98.9 Å². The van der Waals surface area contributed by atoms with E-state index in [1.165, 1.54) is 54.7 Å². The molecule has 50 heavy (non-hydrogen) atoms. The van der Waals surface area contributed by atoms with Crippen LogP contribution in [0.1, 0.15) is 22.3 Å². The summed E-state index contributed by atoms with van der Waals surface area (Å²) in [4.78, 5) is 0. The van der Waals surface area contributed by atoms with Crippen LogP contribution in [0, 0.1) is 27.7 Å². The van der Waals surface area contributed by atoms with Gasteiger partial charge in [-0.05, 0) is 98.5 Å². The predicted molar refractivity (Wildman–Crippen MR) is 209 cm³/mol. The summed E-state index contributed by atoms with van der Waals surface area (Å²) in [5, 5.41) is 9.46. The van der Waals surface area contributed by atoms with E-state index in [4.69, 9.17) is 8.83 Å². The SMILES string of the molecule is Cc1cc2oc3c4oc5cc(C)c(-n6c7ccccc7c7ccccc76)cc5c4c(C)c(C)c3c2cc1-n1c2ccccc2c2ccccc21. The third-order valence-electron chi connectivity index (χ3n) is 11.2. The van der Waals surface area contributed by atoms with Gasteiger partial charge in [0, 0.05) is 54.5 Å². The van der Waals surface area contributed by atoms with Crippen LogP contribution in [0.5, 0.6) is 0 Å². The van der Waals surface area contributed by atoms with Gasteiger partial charge in [-0.15, -0.1) is 0 Å². The highest BCUT2D eigenvalue weighted by atomic mass is 16.4. The highest BCUT2D eigenvalue weighted by molar-refractivity contribution is 6.22. The highest BCUT2D eigenvalue weighted by Gasteiger charge is 2.24. The molecule has 4 heterocycles. The Morgan fingerprint density at radius 2 is 0.700 bits per heavy atom. The minimum Gasteiger partial charge on any atom is -0.452 e. The van der Waals surface area contributed by atoms with Crippen molar-refractivity contribution >= 4 is 87.5 Å². The highest BCUT2D eigenvalue weighted by Crippen LogP contribution is 2.45. The number of fused-ring (bicyclic) bond motifs is 13. The molecule has 238 valence electrons. The Kier molecular flexibility index (Phi) is 5.35. The van der Waals surface area contributed by atoms with Crippen molar-refractivity contribution in [1.82, 2.24) is 9.13 Å². The van der Waals surface area contributed by atoms with Crippen molar-refractivity contribution in [3.05, 3.63) is 144 Å². The molecular weight excluding hydrogens is 613 g/mol. The maximum Gasteiger partial charge on any atom is 0.178 e. The molecule has 4 nitrogen and oxygen atoms in total. The molecule has 0 aliphatic carbocycles.